The van der Waals surface area contributed by atoms with Crippen molar-refractivity contribution in [2.45, 2.75) is 0 Å². The Morgan fingerprint density at radius 2 is 1.60 bits per heavy atom. The van der Waals surface area contributed by atoms with Crippen LogP contribution in [0.4, 0.5) is 0 Å². The van der Waals surface area contributed by atoms with Gasteiger partial charge in [0.25, 0.3) is 0 Å². The Hall–Kier alpha value is 0.285. The van der Waals surface area contributed by atoms with Crippen LogP contribution >= 0.6 is 0 Å². The summed E-state index contributed by atoms with van der Waals surface area (Å²) in [5.74, 6) is 0. The van der Waals surface area contributed by atoms with Gasteiger partial charge in [-0.2, -0.15) is 18.2 Å². The molecule has 0 aromatic heterocycles. The first kappa shape index (κ1) is 16.7. The molecule has 0 unspecified atom stereocenters. The summed E-state index contributed by atoms with van der Waals surface area (Å²) in [6.07, 6.45) is 1.50. The molecular weight excluding hydrogens is 309 g/mol. The van der Waals surface area contributed by atoms with E-state index in [1.54, 1.807) is 0 Å². The number of hydrogen-bond acceptors (Lipinski definition) is 0. The van der Waals surface area contributed by atoms with Crippen LogP contribution in [-0.4, -0.2) is 0 Å². The molecule has 0 saturated heterocycles. The zero-order valence-corrected chi connectivity index (χ0v) is 8.62. The van der Waals surface area contributed by atoms with Crippen molar-refractivity contribution >= 4 is 0 Å². The summed E-state index contributed by atoms with van der Waals surface area (Å²) in [6.45, 7) is 6.50. The van der Waals surface area contributed by atoms with E-state index in [9.17, 15) is 0 Å². The molecule has 10 heavy (non-hydrogen) atoms. The second-order valence-electron chi connectivity index (χ2n) is 1.25. The van der Waals surface area contributed by atoms with Gasteiger partial charge >= 0.3 is 20.4 Å². The first-order valence-electron chi connectivity index (χ1n) is 2.48. The fourth-order valence-electron chi connectivity index (χ4n) is 0.321. The average molecular weight is 319 g/mol. The fourth-order valence-corrected chi connectivity index (χ4v) is 0.321. The van der Waals surface area contributed by atoms with Crippen LogP contribution < -0.4 is 0 Å². The molecular formula is C8H10Pd2. The maximum absolute atomic E-state index is 3.25. The summed E-state index contributed by atoms with van der Waals surface area (Å²) in [7, 11) is 0. The van der Waals surface area contributed by atoms with Crippen LogP contribution in [0.1, 0.15) is 0 Å². The molecule has 0 aliphatic rings. The molecule has 1 aromatic rings. The molecule has 0 fully saturated rings. The van der Waals surface area contributed by atoms with Crippen molar-refractivity contribution in [2.24, 2.45) is 0 Å². The minimum Gasteiger partial charge on any atom is -0.245 e. The SMILES string of the molecule is C=C[CH2-].[Pd+2].[Pd].c1cc[cH-]c1. The van der Waals surface area contributed by atoms with Crippen molar-refractivity contribution in [3.05, 3.63) is 49.9 Å². The average Bonchev–Trinajstić information content (AvgIpc) is 2.17. The smallest absolute Gasteiger partial charge is 0.245 e. The maximum atomic E-state index is 3.25. The van der Waals surface area contributed by atoms with Crippen LogP contribution in [0.2, 0.25) is 0 Å². The van der Waals surface area contributed by atoms with Crippen LogP contribution in [0.5, 0.6) is 0 Å². The molecule has 0 radical (unpaired) electrons. The standard InChI is InChI=1S/C5H5.C3H5.2Pd/c1-2-4-5-3-1;1-3-2;;/h1-5H;3H,1-2H2;;/q2*-1;;+2. The summed E-state index contributed by atoms with van der Waals surface area (Å²) >= 11 is 0. The van der Waals surface area contributed by atoms with Gasteiger partial charge in [-0.3, -0.25) is 0 Å². The van der Waals surface area contributed by atoms with Gasteiger partial charge in [0.2, 0.25) is 0 Å². The summed E-state index contributed by atoms with van der Waals surface area (Å²) in [5, 5.41) is 0. The van der Waals surface area contributed by atoms with E-state index in [0.717, 1.165) is 0 Å². The number of rotatable bonds is 0. The van der Waals surface area contributed by atoms with E-state index in [4.69, 9.17) is 0 Å². The van der Waals surface area contributed by atoms with Crippen LogP contribution in [0.25, 0.3) is 0 Å². The molecule has 1 aromatic carbocycles. The van der Waals surface area contributed by atoms with Gasteiger partial charge in [0.05, 0.1) is 0 Å². The summed E-state index contributed by atoms with van der Waals surface area (Å²) in [5.41, 5.74) is 0. The van der Waals surface area contributed by atoms with Gasteiger partial charge in [0, 0.05) is 20.4 Å². The van der Waals surface area contributed by atoms with E-state index >= 15 is 0 Å². The van der Waals surface area contributed by atoms with Crippen molar-refractivity contribution in [2.75, 3.05) is 0 Å². The van der Waals surface area contributed by atoms with Crippen molar-refractivity contribution in [1.82, 2.24) is 0 Å². The molecule has 1 rings (SSSR count). The normalized spacial score (nSPS) is 5.20. The molecule has 0 bridgehead atoms. The van der Waals surface area contributed by atoms with E-state index in [1.165, 1.54) is 6.08 Å². The van der Waals surface area contributed by atoms with E-state index < -0.39 is 0 Å². The molecule has 0 amide bonds. The molecule has 0 nitrogen and oxygen atoms in total. The molecule has 0 aliphatic heterocycles. The van der Waals surface area contributed by atoms with Crippen molar-refractivity contribution in [1.29, 1.82) is 0 Å². The van der Waals surface area contributed by atoms with Crippen molar-refractivity contribution in [3.63, 3.8) is 0 Å². The van der Waals surface area contributed by atoms with Crippen molar-refractivity contribution < 1.29 is 40.8 Å². The number of hydrogen-bond donors (Lipinski definition) is 0. The zero-order valence-electron chi connectivity index (χ0n) is 5.51. The van der Waals surface area contributed by atoms with E-state index in [1.807, 2.05) is 30.3 Å². The van der Waals surface area contributed by atoms with Gasteiger partial charge in [-0.15, -0.1) is 0 Å². The predicted octanol–water partition coefficient (Wildman–Crippen LogP) is 2.41. The first-order valence-corrected chi connectivity index (χ1v) is 2.48. The van der Waals surface area contributed by atoms with Gasteiger partial charge in [0.1, 0.15) is 0 Å². The largest absolute Gasteiger partial charge is 2.00 e. The van der Waals surface area contributed by atoms with E-state index in [0.29, 0.717) is 0 Å². The Morgan fingerprint density at radius 3 is 1.70 bits per heavy atom. The quantitative estimate of drug-likeness (QED) is 0.509. The Labute approximate surface area is 90.4 Å². The third-order valence-electron chi connectivity index (χ3n) is 0.556. The van der Waals surface area contributed by atoms with Gasteiger partial charge in [-0.25, -0.2) is 31.7 Å². The molecule has 0 atom stereocenters. The fraction of sp³-hybridized carbons (Fsp3) is 0. The monoisotopic (exact) mass is 318 g/mol. The van der Waals surface area contributed by atoms with Crippen molar-refractivity contribution in [3.8, 4) is 0 Å². The summed E-state index contributed by atoms with van der Waals surface area (Å²) < 4.78 is 0. The summed E-state index contributed by atoms with van der Waals surface area (Å²) in [6, 6.07) is 10.0. The van der Waals surface area contributed by atoms with Crippen LogP contribution in [-0.2, 0) is 40.8 Å². The zero-order chi connectivity index (χ0) is 6.24. The Kier molecular flexibility index (Phi) is 27.0. The summed E-state index contributed by atoms with van der Waals surface area (Å²) in [4.78, 5) is 0. The Balaban J connectivity index is -0.0000000900. The molecule has 0 heterocycles. The van der Waals surface area contributed by atoms with Gasteiger partial charge < -0.3 is 0 Å². The predicted molar refractivity (Wildman–Crippen MR) is 37.6 cm³/mol. The van der Waals surface area contributed by atoms with Crippen LogP contribution in [0.15, 0.2) is 43.0 Å². The van der Waals surface area contributed by atoms with Gasteiger partial charge in [0.15, 0.2) is 0 Å². The van der Waals surface area contributed by atoms with Gasteiger partial charge in [-0.1, -0.05) is 0 Å². The van der Waals surface area contributed by atoms with Crippen LogP contribution in [0, 0.1) is 6.92 Å². The number of allylic oxidation sites excluding steroid dienone is 1. The molecule has 0 saturated carbocycles. The maximum Gasteiger partial charge on any atom is 2.00 e. The molecule has 2 heteroatoms. The minimum atomic E-state index is 0. The third kappa shape index (κ3) is 15.7. The second-order valence-corrected chi connectivity index (χ2v) is 1.25. The minimum absolute atomic E-state index is 0. The second kappa shape index (κ2) is 16.1. The molecule has 62 valence electrons. The Bertz CT molecular complexity index is 93.6. The first-order chi connectivity index (χ1) is 3.91. The third-order valence-corrected chi connectivity index (χ3v) is 0.556. The Morgan fingerprint density at radius 1 is 1.30 bits per heavy atom. The molecule has 0 aliphatic carbocycles. The topological polar surface area (TPSA) is 0 Å². The van der Waals surface area contributed by atoms with Gasteiger partial charge in [-0.05, 0) is 0 Å². The van der Waals surface area contributed by atoms with E-state index in [2.05, 4.69) is 13.5 Å². The van der Waals surface area contributed by atoms with E-state index in [-0.39, 0.29) is 40.8 Å². The van der Waals surface area contributed by atoms with Crippen LogP contribution in [0.3, 0.4) is 0 Å². The molecule has 0 N–H and O–H groups in total. The molecule has 0 spiro atoms.